The number of fused-ring (bicyclic) bond motifs is 1. The molecular weight excluding hydrogens is 350 g/mol. The molecule has 0 aromatic heterocycles. The molecule has 3 aromatic rings. The summed E-state index contributed by atoms with van der Waals surface area (Å²) in [5, 5.41) is 2.04. The van der Waals surface area contributed by atoms with E-state index in [1.54, 1.807) is 6.07 Å². The average Bonchev–Trinajstić information content (AvgIpc) is 2.71. The van der Waals surface area contributed by atoms with Crippen LogP contribution >= 0.6 is 0 Å². The second-order valence-corrected chi connectivity index (χ2v) is 6.90. The van der Waals surface area contributed by atoms with Crippen molar-refractivity contribution in [2.45, 2.75) is 6.42 Å². The van der Waals surface area contributed by atoms with Gasteiger partial charge in [0.05, 0.1) is 6.42 Å². The average molecular weight is 373 g/mol. The van der Waals surface area contributed by atoms with Crippen LogP contribution in [0.1, 0.15) is 15.9 Å². The Kier molecular flexibility index (Phi) is 5.90. The van der Waals surface area contributed by atoms with E-state index >= 15 is 0 Å². The van der Waals surface area contributed by atoms with Crippen LogP contribution in [0.4, 0.5) is 5.69 Å². The van der Waals surface area contributed by atoms with Crippen molar-refractivity contribution in [2.24, 2.45) is 0 Å². The number of nitrogens with zero attached hydrogens (tertiary/aromatic N) is 1. The Labute approximate surface area is 165 Å². The lowest BCUT2D eigenvalue weighted by Crippen LogP contribution is -2.14. The summed E-state index contributed by atoms with van der Waals surface area (Å²) in [6.07, 6.45) is 0.173. The van der Waals surface area contributed by atoms with Crippen molar-refractivity contribution in [1.82, 2.24) is 0 Å². The fraction of sp³-hybridized carbons (Fsp3) is 0.167. The Hall–Kier alpha value is -3.40. The minimum absolute atomic E-state index is 0.109. The van der Waals surface area contributed by atoms with Crippen molar-refractivity contribution in [1.29, 1.82) is 0 Å². The molecule has 142 valence electrons. The van der Waals surface area contributed by atoms with E-state index in [0.717, 1.165) is 22.0 Å². The van der Waals surface area contributed by atoms with Gasteiger partial charge < -0.3 is 9.64 Å². The zero-order valence-corrected chi connectivity index (χ0v) is 16.1. The van der Waals surface area contributed by atoms with Gasteiger partial charge in [-0.3, -0.25) is 9.59 Å². The van der Waals surface area contributed by atoms with E-state index < -0.39 is 0 Å². The van der Waals surface area contributed by atoms with Crippen molar-refractivity contribution >= 4 is 28.2 Å². The number of benzene rings is 3. The summed E-state index contributed by atoms with van der Waals surface area (Å²) >= 11 is 0. The minimum Gasteiger partial charge on any atom is -0.460 e. The molecule has 0 bridgehead atoms. The number of carbonyl (C=O) groups excluding carboxylic acids is 2. The fourth-order valence-electron chi connectivity index (χ4n) is 2.90. The van der Waals surface area contributed by atoms with Crippen LogP contribution in [-0.2, 0) is 16.0 Å². The molecule has 0 unspecified atom stereocenters. The lowest BCUT2D eigenvalue weighted by molar-refractivity contribution is -0.141. The fourth-order valence-corrected chi connectivity index (χ4v) is 2.90. The summed E-state index contributed by atoms with van der Waals surface area (Å²) < 4.78 is 5.22. The third-order valence-corrected chi connectivity index (χ3v) is 4.52. The van der Waals surface area contributed by atoms with Crippen LogP contribution in [0.5, 0.6) is 0 Å². The summed E-state index contributed by atoms with van der Waals surface area (Å²) in [7, 11) is 3.98. The van der Waals surface area contributed by atoms with Gasteiger partial charge in [-0.25, -0.2) is 0 Å². The van der Waals surface area contributed by atoms with Crippen molar-refractivity contribution in [2.75, 3.05) is 25.6 Å². The first-order valence-electron chi connectivity index (χ1n) is 9.07. The Bertz CT molecular complexity index is 1020. The molecule has 0 fully saturated rings. The number of ether oxygens (including phenoxy) is 1. The van der Waals surface area contributed by atoms with Gasteiger partial charge >= 0.3 is 5.97 Å². The Balaban J connectivity index is 1.63. The lowest BCUT2D eigenvalue weighted by atomic mass is 10.0. The lowest BCUT2D eigenvalue weighted by Gasteiger charge is -2.13. The molecule has 4 heteroatoms. The standard InChI is InChI=1S/C24H23NO3/c1-17(16-28-23(26)13-18-7-5-4-6-8-18)24(27)21-10-9-20-15-22(25(2)3)12-11-19(20)14-21/h4-12,14-15H,1,13,16H2,2-3H3. The molecular formula is C24H23NO3. The molecule has 0 amide bonds. The summed E-state index contributed by atoms with van der Waals surface area (Å²) in [6, 6.07) is 21.0. The topological polar surface area (TPSA) is 46.6 Å². The van der Waals surface area contributed by atoms with E-state index in [-0.39, 0.29) is 30.4 Å². The molecule has 3 rings (SSSR count). The highest BCUT2D eigenvalue weighted by Gasteiger charge is 2.14. The largest absolute Gasteiger partial charge is 0.460 e. The van der Waals surface area contributed by atoms with E-state index in [9.17, 15) is 9.59 Å². The predicted octanol–water partition coefficient (Wildman–Crippen LogP) is 4.43. The smallest absolute Gasteiger partial charge is 0.310 e. The molecule has 0 N–H and O–H groups in total. The third-order valence-electron chi connectivity index (χ3n) is 4.52. The normalized spacial score (nSPS) is 10.5. The molecule has 0 saturated carbocycles. The van der Waals surface area contributed by atoms with Gasteiger partial charge in [-0.2, -0.15) is 0 Å². The Morgan fingerprint density at radius 2 is 1.61 bits per heavy atom. The van der Waals surface area contributed by atoms with Crippen LogP contribution in [0.3, 0.4) is 0 Å². The number of hydrogen-bond donors (Lipinski definition) is 0. The maximum Gasteiger partial charge on any atom is 0.310 e. The van der Waals surface area contributed by atoms with Crippen LogP contribution in [0.15, 0.2) is 78.9 Å². The van der Waals surface area contributed by atoms with Gasteiger partial charge in [-0.15, -0.1) is 0 Å². The SMILES string of the molecule is C=C(COC(=O)Cc1ccccc1)C(=O)c1ccc2cc(N(C)C)ccc2c1. The Morgan fingerprint density at radius 1 is 0.929 bits per heavy atom. The molecule has 4 nitrogen and oxygen atoms in total. The third kappa shape index (κ3) is 4.65. The van der Waals surface area contributed by atoms with Crippen LogP contribution in [0, 0.1) is 0 Å². The number of carbonyl (C=O) groups is 2. The highest BCUT2D eigenvalue weighted by molar-refractivity contribution is 6.10. The van der Waals surface area contributed by atoms with Gasteiger partial charge in [-0.05, 0) is 34.5 Å². The number of rotatable bonds is 7. The number of hydrogen-bond acceptors (Lipinski definition) is 4. The summed E-state index contributed by atoms with van der Waals surface area (Å²) in [5.41, 5.74) is 2.76. The second-order valence-electron chi connectivity index (χ2n) is 6.90. The maximum atomic E-state index is 12.6. The first-order chi connectivity index (χ1) is 13.4. The van der Waals surface area contributed by atoms with E-state index in [0.29, 0.717) is 5.56 Å². The second kappa shape index (κ2) is 8.53. The van der Waals surface area contributed by atoms with Crippen LogP contribution in [-0.4, -0.2) is 32.5 Å². The number of ketones is 1. The quantitative estimate of drug-likeness (QED) is 0.349. The summed E-state index contributed by atoms with van der Waals surface area (Å²) in [5.74, 6) is -0.596. The van der Waals surface area contributed by atoms with Crippen molar-refractivity contribution in [3.63, 3.8) is 0 Å². The van der Waals surface area contributed by atoms with Gasteiger partial charge in [0.25, 0.3) is 0 Å². The highest BCUT2D eigenvalue weighted by atomic mass is 16.5. The predicted molar refractivity (Wildman–Crippen MR) is 113 cm³/mol. The van der Waals surface area contributed by atoms with Crippen LogP contribution in [0.2, 0.25) is 0 Å². The molecule has 28 heavy (non-hydrogen) atoms. The molecule has 3 aromatic carbocycles. The first-order valence-corrected chi connectivity index (χ1v) is 9.07. The molecule has 0 aliphatic carbocycles. The summed E-state index contributed by atoms with van der Waals surface area (Å²) in [4.78, 5) is 26.6. The van der Waals surface area contributed by atoms with Crippen molar-refractivity contribution in [3.8, 4) is 0 Å². The number of Topliss-reactive ketones (excluding diaryl/α,β-unsaturated/α-hetero) is 1. The molecule has 0 atom stereocenters. The zero-order valence-electron chi connectivity index (χ0n) is 16.1. The van der Waals surface area contributed by atoms with Crippen molar-refractivity contribution in [3.05, 3.63) is 90.0 Å². The van der Waals surface area contributed by atoms with Gasteiger partial charge in [0.2, 0.25) is 0 Å². The number of anilines is 1. The van der Waals surface area contributed by atoms with E-state index in [4.69, 9.17) is 4.74 Å². The van der Waals surface area contributed by atoms with Gasteiger partial charge in [0.1, 0.15) is 6.61 Å². The zero-order chi connectivity index (χ0) is 20.1. The summed E-state index contributed by atoms with van der Waals surface area (Å²) in [6.45, 7) is 3.68. The van der Waals surface area contributed by atoms with E-state index in [1.807, 2.05) is 73.6 Å². The molecule has 0 radical (unpaired) electrons. The Morgan fingerprint density at radius 3 is 2.32 bits per heavy atom. The minimum atomic E-state index is -0.380. The van der Waals surface area contributed by atoms with E-state index in [2.05, 4.69) is 12.6 Å². The number of esters is 1. The molecule has 0 spiro atoms. The van der Waals surface area contributed by atoms with E-state index in [1.165, 1.54) is 0 Å². The monoisotopic (exact) mass is 373 g/mol. The van der Waals surface area contributed by atoms with Gasteiger partial charge in [0, 0.05) is 30.9 Å². The van der Waals surface area contributed by atoms with Gasteiger partial charge in [-0.1, -0.05) is 55.1 Å². The van der Waals surface area contributed by atoms with Gasteiger partial charge in [0.15, 0.2) is 5.78 Å². The van der Waals surface area contributed by atoms with Crippen LogP contribution < -0.4 is 4.90 Å². The highest BCUT2D eigenvalue weighted by Crippen LogP contribution is 2.23. The van der Waals surface area contributed by atoms with Crippen molar-refractivity contribution < 1.29 is 14.3 Å². The molecule has 0 heterocycles. The molecule has 0 aliphatic rings. The first kappa shape index (κ1) is 19.4. The maximum absolute atomic E-state index is 12.6. The molecule has 0 saturated heterocycles. The van der Waals surface area contributed by atoms with Crippen LogP contribution in [0.25, 0.3) is 10.8 Å². The molecule has 0 aliphatic heterocycles.